The highest BCUT2D eigenvalue weighted by atomic mass is 16.4. The minimum atomic E-state index is -1.95. The summed E-state index contributed by atoms with van der Waals surface area (Å²) in [6.07, 6.45) is 0.00533. The largest absolute Gasteiger partial charge is 0.480 e. The lowest BCUT2D eigenvalue weighted by molar-refractivity contribution is -0.154. The Kier molecular flexibility index (Phi) is 3.44. The molecular weight excluding hydrogens is 264 g/mol. The molecule has 0 bridgehead atoms. The number of carbonyl (C=O) groups is 3. The number of carbonyl (C=O) groups excluding carboxylic acids is 1. The van der Waals surface area contributed by atoms with Gasteiger partial charge in [-0.2, -0.15) is 0 Å². The molecule has 2 N–H and O–H groups in total. The first-order valence-electron chi connectivity index (χ1n) is 6.10. The Labute approximate surface area is 114 Å². The van der Waals surface area contributed by atoms with Crippen LogP contribution in [0.4, 0.5) is 4.79 Å². The van der Waals surface area contributed by atoms with Crippen LogP contribution in [0.1, 0.15) is 19.0 Å². The average molecular weight is 278 g/mol. The van der Waals surface area contributed by atoms with E-state index in [2.05, 4.69) is 4.98 Å². The fourth-order valence-corrected chi connectivity index (χ4v) is 2.70. The van der Waals surface area contributed by atoms with Crippen LogP contribution in [0.3, 0.4) is 0 Å². The van der Waals surface area contributed by atoms with Gasteiger partial charge in [-0.3, -0.25) is 14.6 Å². The van der Waals surface area contributed by atoms with Crippen molar-refractivity contribution in [1.82, 2.24) is 9.88 Å². The van der Waals surface area contributed by atoms with E-state index in [1.807, 2.05) is 0 Å². The second-order valence-electron chi connectivity index (χ2n) is 4.65. The van der Waals surface area contributed by atoms with Crippen LogP contribution >= 0.6 is 0 Å². The number of rotatable bonds is 2. The number of piperidine rings is 1. The topological polar surface area (TPSA) is 108 Å². The Bertz CT molecular complexity index is 559. The number of pyridine rings is 1. The number of nitrogens with zero attached hydrogens (tertiary/aromatic N) is 2. The molecule has 2 atom stereocenters. The number of hydrogen-bond donors (Lipinski definition) is 2. The van der Waals surface area contributed by atoms with Gasteiger partial charge in [0.25, 0.3) is 0 Å². The second-order valence-corrected chi connectivity index (χ2v) is 4.65. The summed E-state index contributed by atoms with van der Waals surface area (Å²) in [5, 5.41) is 18.8. The van der Waals surface area contributed by atoms with Crippen molar-refractivity contribution in [1.29, 1.82) is 0 Å². The molecule has 106 valence electrons. The van der Waals surface area contributed by atoms with Crippen molar-refractivity contribution < 1.29 is 24.6 Å². The van der Waals surface area contributed by atoms with Gasteiger partial charge in [-0.25, -0.2) is 4.79 Å². The van der Waals surface area contributed by atoms with Gasteiger partial charge in [-0.15, -0.1) is 0 Å². The summed E-state index contributed by atoms with van der Waals surface area (Å²) in [6.45, 7) is 1.42. The van der Waals surface area contributed by atoms with E-state index in [-0.39, 0.29) is 18.7 Å². The Morgan fingerprint density at radius 2 is 2.10 bits per heavy atom. The Morgan fingerprint density at radius 3 is 2.60 bits per heavy atom. The van der Waals surface area contributed by atoms with Crippen LogP contribution in [0.25, 0.3) is 0 Å². The minimum Gasteiger partial charge on any atom is -0.480 e. The molecule has 1 aliphatic heterocycles. The summed E-state index contributed by atoms with van der Waals surface area (Å²) >= 11 is 0. The van der Waals surface area contributed by atoms with Gasteiger partial charge in [0.1, 0.15) is 0 Å². The van der Waals surface area contributed by atoms with Gasteiger partial charge in [0.15, 0.2) is 11.2 Å². The summed E-state index contributed by atoms with van der Waals surface area (Å²) in [6, 6.07) is 3.60. The molecule has 7 heteroatoms. The van der Waals surface area contributed by atoms with E-state index in [9.17, 15) is 19.5 Å². The molecule has 0 aromatic carbocycles. The van der Waals surface area contributed by atoms with Gasteiger partial charge in [-0.1, -0.05) is 6.07 Å². The lowest BCUT2D eigenvalue weighted by atomic mass is 9.70. The van der Waals surface area contributed by atoms with Crippen LogP contribution in [-0.4, -0.2) is 50.5 Å². The predicted octanol–water partition coefficient (Wildman–Crippen LogP) is 0.745. The van der Waals surface area contributed by atoms with Crippen LogP contribution in [0.5, 0.6) is 0 Å². The molecule has 2 unspecified atom stereocenters. The van der Waals surface area contributed by atoms with E-state index >= 15 is 0 Å². The molecule has 1 fully saturated rings. The van der Waals surface area contributed by atoms with Crippen LogP contribution in [0.15, 0.2) is 24.4 Å². The lowest BCUT2D eigenvalue weighted by Crippen LogP contribution is -2.63. The zero-order valence-corrected chi connectivity index (χ0v) is 10.8. The third-order valence-electron chi connectivity index (χ3n) is 3.77. The number of aromatic nitrogens is 1. The predicted molar refractivity (Wildman–Crippen MR) is 67.4 cm³/mol. The summed E-state index contributed by atoms with van der Waals surface area (Å²) in [5.41, 5.74) is -1.88. The SMILES string of the molecule is CC1N(C(=O)O)CCC(=O)C1(C(=O)O)c1ccccn1. The van der Waals surface area contributed by atoms with Gasteiger partial charge < -0.3 is 15.1 Å². The molecular formula is C13H14N2O5. The lowest BCUT2D eigenvalue weighted by Gasteiger charge is -2.42. The molecule has 20 heavy (non-hydrogen) atoms. The van der Waals surface area contributed by atoms with E-state index in [4.69, 9.17) is 5.11 Å². The van der Waals surface area contributed by atoms with Crippen LogP contribution in [0.2, 0.25) is 0 Å². The Hall–Kier alpha value is -2.44. The van der Waals surface area contributed by atoms with Crippen molar-refractivity contribution in [3.05, 3.63) is 30.1 Å². The molecule has 1 saturated heterocycles. The number of ketones is 1. The molecule has 1 aliphatic rings. The highest BCUT2D eigenvalue weighted by molar-refractivity contribution is 6.10. The van der Waals surface area contributed by atoms with Gasteiger partial charge in [0.05, 0.1) is 11.7 Å². The molecule has 1 aromatic heterocycles. The summed E-state index contributed by atoms with van der Waals surface area (Å²) < 4.78 is 0. The van der Waals surface area contributed by atoms with E-state index in [1.165, 1.54) is 19.2 Å². The molecule has 1 amide bonds. The Balaban J connectivity index is 2.62. The number of carboxylic acids is 1. The number of amides is 1. The maximum absolute atomic E-state index is 12.3. The maximum Gasteiger partial charge on any atom is 0.407 e. The van der Waals surface area contributed by atoms with Crippen molar-refractivity contribution in [2.24, 2.45) is 0 Å². The van der Waals surface area contributed by atoms with E-state index < -0.39 is 29.3 Å². The fraction of sp³-hybridized carbons (Fsp3) is 0.385. The zero-order valence-electron chi connectivity index (χ0n) is 10.8. The molecule has 2 heterocycles. The molecule has 1 aromatic rings. The minimum absolute atomic E-state index is 0.00278. The van der Waals surface area contributed by atoms with E-state index in [0.717, 1.165) is 4.90 Å². The Morgan fingerprint density at radius 1 is 1.40 bits per heavy atom. The number of aliphatic carboxylic acids is 1. The van der Waals surface area contributed by atoms with Gasteiger partial charge >= 0.3 is 12.1 Å². The van der Waals surface area contributed by atoms with Crippen molar-refractivity contribution in [3.8, 4) is 0 Å². The normalized spacial score (nSPS) is 26.4. The summed E-state index contributed by atoms with van der Waals surface area (Å²) in [5.74, 6) is -1.90. The second kappa shape index (κ2) is 4.92. The van der Waals surface area contributed by atoms with Gasteiger partial charge in [0, 0.05) is 19.2 Å². The van der Waals surface area contributed by atoms with Crippen LogP contribution in [0, 0.1) is 0 Å². The third kappa shape index (κ3) is 1.82. The van der Waals surface area contributed by atoms with Gasteiger partial charge in [0.2, 0.25) is 0 Å². The van der Waals surface area contributed by atoms with Crippen molar-refractivity contribution >= 4 is 17.8 Å². The summed E-state index contributed by atoms with van der Waals surface area (Å²) in [7, 11) is 0. The molecule has 0 radical (unpaired) electrons. The van der Waals surface area contributed by atoms with Crippen molar-refractivity contribution in [3.63, 3.8) is 0 Å². The quantitative estimate of drug-likeness (QED) is 0.773. The van der Waals surface area contributed by atoms with Crippen molar-refractivity contribution in [2.45, 2.75) is 24.8 Å². The number of hydrogen-bond acceptors (Lipinski definition) is 4. The first-order chi connectivity index (χ1) is 9.42. The molecule has 0 saturated carbocycles. The van der Waals surface area contributed by atoms with Crippen LogP contribution < -0.4 is 0 Å². The monoisotopic (exact) mass is 278 g/mol. The zero-order chi connectivity index (χ0) is 14.9. The highest BCUT2D eigenvalue weighted by Gasteiger charge is 2.58. The molecule has 0 spiro atoms. The smallest absolute Gasteiger partial charge is 0.407 e. The number of Topliss-reactive ketones (excluding diaryl/α,β-unsaturated/α-hetero) is 1. The van der Waals surface area contributed by atoms with E-state index in [1.54, 1.807) is 12.1 Å². The maximum atomic E-state index is 12.3. The average Bonchev–Trinajstić information content (AvgIpc) is 2.39. The highest BCUT2D eigenvalue weighted by Crippen LogP contribution is 2.36. The van der Waals surface area contributed by atoms with Crippen LogP contribution in [-0.2, 0) is 15.0 Å². The molecule has 7 nitrogen and oxygen atoms in total. The van der Waals surface area contributed by atoms with Crippen molar-refractivity contribution in [2.75, 3.05) is 6.54 Å². The van der Waals surface area contributed by atoms with E-state index in [0.29, 0.717) is 0 Å². The first-order valence-corrected chi connectivity index (χ1v) is 6.10. The first kappa shape index (κ1) is 14.0. The summed E-state index contributed by atoms with van der Waals surface area (Å²) in [4.78, 5) is 40.2. The number of likely N-dealkylation sites (tertiary alicyclic amines) is 1. The molecule has 2 rings (SSSR count). The fourth-order valence-electron chi connectivity index (χ4n) is 2.70. The standard InChI is InChI=1S/C13H14N2O5/c1-8-13(11(17)18,9-4-2-3-6-14-9)10(16)5-7-15(8)12(19)20/h2-4,6,8H,5,7H2,1H3,(H,17,18)(H,19,20). The van der Waals surface area contributed by atoms with Gasteiger partial charge in [-0.05, 0) is 19.1 Å². The molecule has 0 aliphatic carbocycles. The third-order valence-corrected chi connectivity index (χ3v) is 3.77. The number of carboxylic acid groups (broad SMARTS) is 2.